The van der Waals surface area contributed by atoms with Crippen molar-refractivity contribution in [2.24, 2.45) is 0 Å². The van der Waals surface area contributed by atoms with Gasteiger partial charge in [-0.1, -0.05) is 18.2 Å². The first-order valence-corrected chi connectivity index (χ1v) is 20.5. The summed E-state index contributed by atoms with van der Waals surface area (Å²) in [5.74, 6) is -2.80. The second-order valence-corrected chi connectivity index (χ2v) is 16.3. The molecule has 15 nitrogen and oxygen atoms in total. The summed E-state index contributed by atoms with van der Waals surface area (Å²) in [5.41, 5.74) is 2.35. The number of carbonyl (C=O) groups is 6. The highest BCUT2D eigenvalue weighted by atomic mass is 19.1. The van der Waals surface area contributed by atoms with Gasteiger partial charge in [0.15, 0.2) is 0 Å². The number of amides is 6. The largest absolute Gasteiger partial charge is 0.465 e. The Kier molecular flexibility index (Phi) is 18.4. The Hall–Kier alpha value is -8.67. The molecule has 0 aliphatic heterocycles. The molecule has 0 aliphatic carbocycles. The maximum atomic E-state index is 13.4. The second kappa shape index (κ2) is 24.0. The van der Waals surface area contributed by atoms with Crippen LogP contribution < -0.4 is 31.9 Å². The summed E-state index contributed by atoms with van der Waals surface area (Å²) in [4.78, 5) is 69.6. The zero-order valence-electron chi connectivity index (χ0n) is 37.7. The molecule has 6 amide bonds. The Morgan fingerprint density at radius 2 is 0.794 bits per heavy atom. The zero-order chi connectivity index (χ0) is 50.0. The normalized spacial score (nSPS) is 10.5. The molecule has 68 heavy (non-hydrogen) atoms. The van der Waals surface area contributed by atoms with E-state index in [9.17, 15) is 41.9 Å². The summed E-state index contributed by atoms with van der Waals surface area (Å²) >= 11 is 0. The SMILES string of the molecule is CC(C)(C)OC(=O)Nc1ccc(NC(=O)c2ccc(F)cc2)cc1.CC(C)(C)OC(=O)Nc1ccc(NC(=O)c2cccc(F)c2)cc1.O=C(O)Nc1ccc(NC(=O)c2ccccc2F)cc1. The maximum Gasteiger partial charge on any atom is 0.412 e. The first-order chi connectivity index (χ1) is 32.0. The zero-order valence-corrected chi connectivity index (χ0v) is 37.7. The molecule has 7 N–H and O–H groups in total. The molecule has 0 spiro atoms. The monoisotopic (exact) mass is 934 g/mol. The fourth-order valence-electron chi connectivity index (χ4n) is 5.36. The predicted octanol–water partition coefficient (Wildman–Crippen LogP) is 12.0. The molecule has 0 aromatic heterocycles. The highest BCUT2D eigenvalue weighted by Crippen LogP contribution is 2.20. The number of carbonyl (C=O) groups excluding carboxylic acids is 5. The van der Waals surface area contributed by atoms with Gasteiger partial charge in [-0.25, -0.2) is 27.6 Å². The van der Waals surface area contributed by atoms with Crippen LogP contribution in [0.25, 0.3) is 0 Å². The lowest BCUT2D eigenvalue weighted by atomic mass is 10.2. The molecule has 0 bridgehead atoms. The molecule has 0 saturated carbocycles. The van der Waals surface area contributed by atoms with Gasteiger partial charge in [-0.05, 0) is 169 Å². The van der Waals surface area contributed by atoms with Crippen LogP contribution in [0.3, 0.4) is 0 Å². The minimum atomic E-state index is -1.17. The van der Waals surface area contributed by atoms with E-state index in [0.717, 1.165) is 6.07 Å². The summed E-state index contributed by atoms with van der Waals surface area (Å²) in [6, 6.07) is 35.5. The molecule has 0 fully saturated rings. The fraction of sp³-hybridized carbons (Fsp3) is 0.160. The van der Waals surface area contributed by atoms with Crippen molar-refractivity contribution < 1.29 is 56.5 Å². The van der Waals surface area contributed by atoms with Crippen molar-refractivity contribution in [3.63, 3.8) is 0 Å². The molecule has 0 atom stereocenters. The first-order valence-electron chi connectivity index (χ1n) is 20.5. The molecule has 6 aromatic rings. The Morgan fingerprint density at radius 1 is 0.412 bits per heavy atom. The maximum absolute atomic E-state index is 13.4. The molecule has 354 valence electrons. The molecular formula is C50H49F3N6O9. The summed E-state index contributed by atoms with van der Waals surface area (Å²) in [6.45, 7) is 10.7. The van der Waals surface area contributed by atoms with Crippen LogP contribution in [-0.2, 0) is 9.47 Å². The van der Waals surface area contributed by atoms with Crippen LogP contribution in [0, 0.1) is 17.5 Å². The van der Waals surface area contributed by atoms with Crippen molar-refractivity contribution in [2.45, 2.75) is 52.7 Å². The number of nitrogens with one attached hydrogen (secondary N) is 6. The van der Waals surface area contributed by atoms with Crippen LogP contribution >= 0.6 is 0 Å². The number of anilines is 6. The highest BCUT2D eigenvalue weighted by molar-refractivity contribution is 6.06. The summed E-state index contributed by atoms with van der Waals surface area (Å²) in [5, 5.41) is 23.8. The van der Waals surface area contributed by atoms with Crippen molar-refractivity contribution in [3.8, 4) is 0 Å². The van der Waals surface area contributed by atoms with E-state index < -0.39 is 58.7 Å². The van der Waals surface area contributed by atoms with Crippen LogP contribution in [0.5, 0.6) is 0 Å². The van der Waals surface area contributed by atoms with Crippen LogP contribution in [0.2, 0.25) is 0 Å². The van der Waals surface area contributed by atoms with Gasteiger partial charge in [0.1, 0.15) is 28.7 Å². The number of rotatable bonds is 9. The van der Waals surface area contributed by atoms with E-state index in [4.69, 9.17) is 14.6 Å². The van der Waals surface area contributed by atoms with Crippen LogP contribution in [-0.4, -0.2) is 52.3 Å². The van der Waals surface area contributed by atoms with Gasteiger partial charge in [0.25, 0.3) is 17.7 Å². The van der Waals surface area contributed by atoms with Gasteiger partial charge in [0.2, 0.25) is 0 Å². The predicted molar refractivity (Wildman–Crippen MR) is 254 cm³/mol. The quantitative estimate of drug-likeness (QED) is 0.0733. The summed E-state index contributed by atoms with van der Waals surface area (Å²) < 4.78 is 49.7. The molecule has 18 heteroatoms. The topological polar surface area (TPSA) is 213 Å². The van der Waals surface area contributed by atoms with Crippen molar-refractivity contribution in [3.05, 3.63) is 180 Å². The molecule has 0 radical (unpaired) electrons. The molecule has 0 saturated heterocycles. The third-order valence-electron chi connectivity index (χ3n) is 8.28. The molecule has 0 heterocycles. The van der Waals surface area contributed by atoms with Crippen molar-refractivity contribution in [2.75, 3.05) is 31.9 Å². The third kappa shape index (κ3) is 18.8. The lowest BCUT2D eigenvalue weighted by Crippen LogP contribution is -2.27. The summed E-state index contributed by atoms with van der Waals surface area (Å²) in [6.07, 6.45) is -2.28. The van der Waals surface area contributed by atoms with E-state index in [1.807, 2.05) is 0 Å². The van der Waals surface area contributed by atoms with Gasteiger partial charge in [0, 0.05) is 45.3 Å². The van der Waals surface area contributed by atoms with E-state index in [0.29, 0.717) is 39.7 Å². The van der Waals surface area contributed by atoms with E-state index >= 15 is 0 Å². The number of hydrogen-bond donors (Lipinski definition) is 7. The van der Waals surface area contributed by atoms with E-state index in [1.54, 1.807) is 96.1 Å². The van der Waals surface area contributed by atoms with Gasteiger partial charge < -0.3 is 30.5 Å². The number of benzene rings is 6. The highest BCUT2D eigenvalue weighted by Gasteiger charge is 2.18. The minimum absolute atomic E-state index is 0.0553. The van der Waals surface area contributed by atoms with Gasteiger partial charge in [0.05, 0.1) is 5.56 Å². The van der Waals surface area contributed by atoms with E-state index in [1.165, 1.54) is 84.9 Å². The fourth-order valence-corrected chi connectivity index (χ4v) is 5.36. The lowest BCUT2D eigenvalue weighted by molar-refractivity contribution is 0.0624. The van der Waals surface area contributed by atoms with Gasteiger partial charge >= 0.3 is 18.3 Å². The average molecular weight is 935 g/mol. The van der Waals surface area contributed by atoms with E-state index in [-0.39, 0.29) is 17.0 Å². The van der Waals surface area contributed by atoms with Gasteiger partial charge in [-0.2, -0.15) is 0 Å². The summed E-state index contributed by atoms with van der Waals surface area (Å²) in [7, 11) is 0. The van der Waals surface area contributed by atoms with E-state index in [2.05, 4.69) is 31.9 Å². The van der Waals surface area contributed by atoms with Crippen LogP contribution in [0.15, 0.2) is 146 Å². The Labute approximate surface area is 390 Å². The standard InChI is InChI=1S/2C18H19FN2O3.C14H11FN2O3/c1-18(2,3)24-17(23)21-15-10-8-14(9-11-15)20-16(22)12-4-6-13(19)7-5-12;1-18(2,3)24-17(23)21-15-9-7-14(8-10-15)20-16(22)12-5-4-6-13(19)11-12;15-12-4-2-1-3-11(12)13(18)16-9-5-7-10(8-6-9)17-14(19)20/h2*4-11H,1-3H3,(H,20,22)(H,21,23);1-8,17H,(H,16,18)(H,19,20). The number of hydrogen-bond acceptors (Lipinski definition) is 8. The van der Waals surface area contributed by atoms with Crippen molar-refractivity contribution >= 4 is 70.1 Å². The number of ether oxygens (including phenoxy) is 2. The first kappa shape index (κ1) is 52.0. The minimum Gasteiger partial charge on any atom is -0.465 e. The lowest BCUT2D eigenvalue weighted by Gasteiger charge is -2.19. The Morgan fingerprint density at radius 3 is 1.19 bits per heavy atom. The van der Waals surface area contributed by atoms with Crippen LogP contribution in [0.4, 0.5) is 61.7 Å². The van der Waals surface area contributed by atoms with Crippen molar-refractivity contribution in [1.29, 1.82) is 0 Å². The van der Waals surface area contributed by atoms with Gasteiger partial charge in [-0.15, -0.1) is 0 Å². The molecular weight excluding hydrogens is 886 g/mol. The van der Waals surface area contributed by atoms with Crippen molar-refractivity contribution in [1.82, 2.24) is 0 Å². The molecule has 0 unspecified atom stereocenters. The Bertz CT molecular complexity index is 2690. The Balaban J connectivity index is 0.000000223. The van der Waals surface area contributed by atoms with Crippen LogP contribution in [0.1, 0.15) is 72.6 Å². The number of carboxylic acid groups (broad SMARTS) is 1. The smallest absolute Gasteiger partial charge is 0.412 e. The molecule has 6 rings (SSSR count). The second-order valence-electron chi connectivity index (χ2n) is 16.3. The average Bonchev–Trinajstić information content (AvgIpc) is 3.25. The third-order valence-corrected chi connectivity index (χ3v) is 8.28. The molecule has 6 aromatic carbocycles. The molecule has 0 aliphatic rings. The number of halogens is 3. The van der Waals surface area contributed by atoms with Gasteiger partial charge in [-0.3, -0.25) is 30.3 Å².